The van der Waals surface area contributed by atoms with E-state index >= 15 is 0 Å². The highest BCUT2D eigenvalue weighted by Crippen LogP contribution is 2.50. The van der Waals surface area contributed by atoms with Crippen molar-refractivity contribution >= 4 is 16.8 Å². The molecular formula is C29H34FN3O3. The zero-order valence-corrected chi connectivity index (χ0v) is 21.0. The fourth-order valence-corrected chi connectivity index (χ4v) is 6.60. The number of fused-ring (bicyclic) bond motifs is 4. The van der Waals surface area contributed by atoms with Crippen molar-refractivity contribution in [3.63, 3.8) is 0 Å². The molecule has 0 radical (unpaired) electrons. The number of rotatable bonds is 5. The Morgan fingerprint density at radius 3 is 2.61 bits per heavy atom. The van der Waals surface area contributed by atoms with Crippen LogP contribution in [0, 0.1) is 11.7 Å². The Labute approximate surface area is 211 Å². The van der Waals surface area contributed by atoms with Gasteiger partial charge in [-0.25, -0.2) is 4.39 Å². The highest BCUT2D eigenvalue weighted by atomic mass is 19.1. The number of hydrogen-bond donors (Lipinski definition) is 1. The fourth-order valence-electron chi connectivity index (χ4n) is 6.60. The van der Waals surface area contributed by atoms with Crippen LogP contribution >= 0.6 is 0 Å². The number of benzene rings is 2. The van der Waals surface area contributed by atoms with Gasteiger partial charge in [-0.15, -0.1) is 0 Å². The van der Waals surface area contributed by atoms with Gasteiger partial charge in [0.25, 0.3) is 5.91 Å². The summed E-state index contributed by atoms with van der Waals surface area (Å²) in [5, 5.41) is 11.8. The van der Waals surface area contributed by atoms with E-state index < -0.39 is 11.9 Å². The summed E-state index contributed by atoms with van der Waals surface area (Å²) in [6.07, 6.45) is 4.57. The smallest absolute Gasteiger partial charge is 0.254 e. The molecule has 7 heteroatoms. The van der Waals surface area contributed by atoms with Crippen LogP contribution in [0.5, 0.6) is 5.75 Å². The van der Waals surface area contributed by atoms with Gasteiger partial charge in [-0.3, -0.25) is 4.79 Å². The highest BCUT2D eigenvalue weighted by Gasteiger charge is 2.49. The molecule has 190 valence electrons. The lowest BCUT2D eigenvalue weighted by Gasteiger charge is -2.50. The highest BCUT2D eigenvalue weighted by molar-refractivity contribution is 5.96. The maximum Gasteiger partial charge on any atom is 0.254 e. The average Bonchev–Trinajstić information content (AvgIpc) is 3.67. The molecule has 2 aliphatic heterocycles. The van der Waals surface area contributed by atoms with Crippen molar-refractivity contribution in [1.29, 1.82) is 0 Å². The Bertz CT molecular complexity index is 1310. The molecule has 1 aromatic heterocycles. The largest absolute Gasteiger partial charge is 0.497 e. The van der Waals surface area contributed by atoms with E-state index in [0.29, 0.717) is 12.1 Å². The summed E-state index contributed by atoms with van der Waals surface area (Å²) >= 11 is 0. The SMILES string of the molecule is COc1ccc2c3c(n(C)c2c1)[C@@H](CO)N(C(=O)c1cccc(F)c1)CC31CCN(CC2CC2)CC1. The number of amides is 1. The molecule has 1 spiro atoms. The number of piperidine rings is 1. The third-order valence-corrected chi connectivity index (χ3v) is 8.68. The minimum atomic E-state index is -0.505. The summed E-state index contributed by atoms with van der Waals surface area (Å²) in [5.41, 5.74) is 3.37. The number of hydrogen-bond acceptors (Lipinski definition) is 4. The van der Waals surface area contributed by atoms with Gasteiger partial charge >= 0.3 is 0 Å². The van der Waals surface area contributed by atoms with Crippen LogP contribution in [0.15, 0.2) is 42.5 Å². The van der Waals surface area contributed by atoms with Crippen LogP contribution in [0.4, 0.5) is 4.39 Å². The number of ether oxygens (including phenoxy) is 1. The molecule has 3 aromatic rings. The van der Waals surface area contributed by atoms with E-state index in [1.165, 1.54) is 42.5 Å². The van der Waals surface area contributed by atoms with Crippen LogP contribution < -0.4 is 4.74 Å². The quantitative estimate of drug-likeness (QED) is 0.580. The minimum absolute atomic E-state index is 0.195. The van der Waals surface area contributed by atoms with Gasteiger partial charge in [0.1, 0.15) is 11.6 Å². The van der Waals surface area contributed by atoms with Crippen molar-refractivity contribution in [2.75, 3.05) is 39.9 Å². The Kier molecular flexibility index (Phi) is 5.80. The number of aliphatic hydroxyl groups is 1. The first-order valence-electron chi connectivity index (χ1n) is 13.0. The lowest BCUT2D eigenvalue weighted by atomic mass is 9.68. The van der Waals surface area contributed by atoms with Crippen LogP contribution in [-0.2, 0) is 12.5 Å². The van der Waals surface area contributed by atoms with E-state index in [0.717, 1.165) is 48.8 Å². The summed E-state index contributed by atoms with van der Waals surface area (Å²) in [6.45, 7) is 3.48. The molecule has 36 heavy (non-hydrogen) atoms. The summed E-state index contributed by atoms with van der Waals surface area (Å²) in [4.78, 5) is 18.2. The van der Waals surface area contributed by atoms with Gasteiger partial charge < -0.3 is 24.2 Å². The number of aryl methyl sites for hydroxylation is 1. The molecule has 6 rings (SSSR count). The van der Waals surface area contributed by atoms with E-state index in [2.05, 4.69) is 15.5 Å². The van der Waals surface area contributed by atoms with Crippen molar-refractivity contribution in [3.05, 3.63) is 65.1 Å². The van der Waals surface area contributed by atoms with Crippen LogP contribution in [0.3, 0.4) is 0 Å². The van der Waals surface area contributed by atoms with Crippen molar-refractivity contribution in [3.8, 4) is 5.75 Å². The van der Waals surface area contributed by atoms with E-state index in [-0.39, 0.29) is 17.9 Å². The van der Waals surface area contributed by atoms with Gasteiger partial charge in [-0.2, -0.15) is 0 Å². The maximum atomic E-state index is 14.0. The molecule has 1 saturated carbocycles. The van der Waals surface area contributed by atoms with Crippen molar-refractivity contribution in [1.82, 2.24) is 14.4 Å². The predicted octanol–water partition coefficient (Wildman–Crippen LogP) is 4.26. The van der Waals surface area contributed by atoms with Gasteiger partial charge in [0.05, 0.1) is 25.3 Å². The Hall–Kier alpha value is -2.90. The fraction of sp³-hybridized carbons (Fsp3) is 0.483. The average molecular weight is 492 g/mol. The molecule has 1 N–H and O–H groups in total. The van der Waals surface area contributed by atoms with Gasteiger partial charge in [-0.05, 0) is 80.6 Å². The number of aliphatic hydroxyl groups excluding tert-OH is 1. The first kappa shape index (κ1) is 23.5. The van der Waals surface area contributed by atoms with Gasteiger partial charge in [0, 0.05) is 48.3 Å². The number of halogens is 1. The molecule has 3 heterocycles. The van der Waals surface area contributed by atoms with Crippen molar-refractivity contribution in [2.24, 2.45) is 13.0 Å². The second-order valence-corrected chi connectivity index (χ2v) is 10.9. The molecule has 0 unspecified atom stereocenters. The summed E-state index contributed by atoms with van der Waals surface area (Å²) in [5.74, 6) is 0.957. The van der Waals surface area contributed by atoms with Gasteiger partial charge in [-0.1, -0.05) is 6.07 Å². The summed E-state index contributed by atoms with van der Waals surface area (Å²) < 4.78 is 21.7. The lowest BCUT2D eigenvalue weighted by Crippen LogP contribution is -2.55. The monoisotopic (exact) mass is 491 g/mol. The standard InChI is InChI=1S/C29H34FN3O3/c1-31-24-15-22(36-2)8-9-23(24)26-27(31)25(17-34)33(28(35)20-4-3-5-21(30)14-20)18-29(26)10-12-32(13-11-29)16-19-6-7-19/h3-5,8-9,14-15,19,25,34H,6-7,10-13,16-18H2,1-2H3/t25-/m1/s1. The number of likely N-dealkylation sites (tertiary alicyclic amines) is 1. The van der Waals surface area contributed by atoms with E-state index in [1.54, 1.807) is 24.1 Å². The Morgan fingerprint density at radius 2 is 1.94 bits per heavy atom. The van der Waals surface area contributed by atoms with Crippen molar-refractivity contribution in [2.45, 2.75) is 37.1 Å². The topological polar surface area (TPSA) is 57.9 Å². The second-order valence-electron chi connectivity index (χ2n) is 10.9. The molecule has 1 amide bonds. The molecule has 1 saturated heterocycles. The van der Waals surface area contributed by atoms with E-state index in [4.69, 9.17) is 4.74 Å². The van der Waals surface area contributed by atoms with Gasteiger partial charge in [0.2, 0.25) is 0 Å². The first-order chi connectivity index (χ1) is 17.4. The Morgan fingerprint density at radius 1 is 1.17 bits per heavy atom. The van der Waals surface area contributed by atoms with E-state index in [1.807, 2.05) is 19.2 Å². The minimum Gasteiger partial charge on any atom is -0.497 e. The molecule has 3 aliphatic rings. The molecule has 1 aliphatic carbocycles. The molecule has 6 nitrogen and oxygen atoms in total. The van der Waals surface area contributed by atoms with Crippen LogP contribution in [0.2, 0.25) is 0 Å². The third kappa shape index (κ3) is 3.80. The summed E-state index contributed by atoms with van der Waals surface area (Å²) in [7, 11) is 3.67. The molecule has 2 fully saturated rings. The molecule has 1 atom stereocenters. The molecule has 2 aromatic carbocycles. The molecular weight excluding hydrogens is 457 g/mol. The number of nitrogens with zero attached hydrogens (tertiary/aromatic N) is 3. The third-order valence-electron chi connectivity index (χ3n) is 8.68. The second kappa shape index (κ2) is 8.89. The predicted molar refractivity (Wildman–Crippen MR) is 137 cm³/mol. The number of carbonyl (C=O) groups excluding carboxylic acids is 1. The van der Waals surface area contributed by atoms with Crippen LogP contribution in [0.25, 0.3) is 10.9 Å². The lowest BCUT2D eigenvalue weighted by molar-refractivity contribution is 0.0331. The zero-order chi connectivity index (χ0) is 25.0. The summed E-state index contributed by atoms with van der Waals surface area (Å²) in [6, 6.07) is 11.5. The number of methoxy groups -OCH3 is 1. The normalized spacial score (nSPS) is 21.7. The van der Waals surface area contributed by atoms with E-state index in [9.17, 15) is 14.3 Å². The van der Waals surface area contributed by atoms with Crippen LogP contribution in [0.1, 0.15) is 53.3 Å². The van der Waals surface area contributed by atoms with Crippen molar-refractivity contribution < 1.29 is 19.0 Å². The number of carbonyl (C=O) groups is 1. The van der Waals surface area contributed by atoms with Gasteiger partial charge in [0.15, 0.2) is 0 Å². The molecule has 0 bridgehead atoms. The Balaban J connectivity index is 1.48. The zero-order valence-electron chi connectivity index (χ0n) is 21.0. The van der Waals surface area contributed by atoms with Crippen LogP contribution in [-0.4, -0.2) is 65.3 Å². The first-order valence-corrected chi connectivity index (χ1v) is 13.0. The number of aromatic nitrogens is 1. The maximum absolute atomic E-state index is 14.0.